The lowest BCUT2D eigenvalue weighted by Gasteiger charge is -2.08. The summed E-state index contributed by atoms with van der Waals surface area (Å²) < 4.78 is 37.4. The molecule has 0 amide bonds. The summed E-state index contributed by atoms with van der Waals surface area (Å²) >= 11 is 6.01. The molecule has 110 valence electrons. The molecule has 2 rings (SSSR count). The molecule has 0 aliphatic heterocycles. The standard InChI is InChI=1S/C16H12ClF3O/c1-10-2-7-13(14(17)8-10)15(21)9-11-3-5-12(6-4-11)16(18,19)20/h2-8H,9H2,1H3. The molecule has 0 N–H and O–H groups in total. The van der Waals surface area contributed by atoms with Gasteiger partial charge in [-0.25, -0.2) is 0 Å². The molecule has 0 aliphatic carbocycles. The highest BCUT2D eigenvalue weighted by Gasteiger charge is 2.30. The van der Waals surface area contributed by atoms with Crippen LogP contribution in [0, 0.1) is 6.92 Å². The first-order chi connectivity index (χ1) is 9.77. The fourth-order valence-corrected chi connectivity index (χ4v) is 2.28. The second kappa shape index (κ2) is 5.90. The Bertz CT molecular complexity index is 660. The molecule has 1 nitrogen and oxygen atoms in total. The third-order valence-corrected chi connectivity index (χ3v) is 3.38. The first-order valence-corrected chi connectivity index (χ1v) is 6.60. The number of ketones is 1. The van der Waals surface area contributed by atoms with Crippen LogP contribution in [0.3, 0.4) is 0 Å². The summed E-state index contributed by atoms with van der Waals surface area (Å²) in [5.41, 5.74) is 1.10. The van der Waals surface area contributed by atoms with Gasteiger partial charge in [0.1, 0.15) is 0 Å². The van der Waals surface area contributed by atoms with Crippen molar-refractivity contribution >= 4 is 17.4 Å². The molecule has 0 spiro atoms. The maximum Gasteiger partial charge on any atom is 0.416 e. The molecular formula is C16H12ClF3O. The second-order valence-electron chi connectivity index (χ2n) is 4.78. The van der Waals surface area contributed by atoms with E-state index in [2.05, 4.69) is 0 Å². The van der Waals surface area contributed by atoms with Crippen LogP contribution in [0.2, 0.25) is 5.02 Å². The van der Waals surface area contributed by atoms with Gasteiger partial charge in [-0.2, -0.15) is 13.2 Å². The number of alkyl halides is 3. The van der Waals surface area contributed by atoms with Gasteiger partial charge in [0.05, 0.1) is 10.6 Å². The summed E-state index contributed by atoms with van der Waals surface area (Å²) in [5.74, 6) is -0.222. The van der Waals surface area contributed by atoms with Crippen molar-refractivity contribution in [3.05, 3.63) is 69.7 Å². The smallest absolute Gasteiger partial charge is 0.294 e. The number of rotatable bonds is 3. The summed E-state index contributed by atoms with van der Waals surface area (Å²) in [6.45, 7) is 1.86. The lowest BCUT2D eigenvalue weighted by molar-refractivity contribution is -0.137. The van der Waals surface area contributed by atoms with Gasteiger partial charge in [0.15, 0.2) is 5.78 Å². The van der Waals surface area contributed by atoms with Crippen molar-refractivity contribution in [2.24, 2.45) is 0 Å². The van der Waals surface area contributed by atoms with E-state index >= 15 is 0 Å². The van der Waals surface area contributed by atoms with Crippen LogP contribution in [0.1, 0.15) is 27.0 Å². The number of aryl methyl sites for hydroxylation is 1. The topological polar surface area (TPSA) is 17.1 Å². The third kappa shape index (κ3) is 3.85. The number of hydrogen-bond acceptors (Lipinski definition) is 1. The number of halogens is 4. The largest absolute Gasteiger partial charge is 0.416 e. The van der Waals surface area contributed by atoms with E-state index < -0.39 is 11.7 Å². The van der Waals surface area contributed by atoms with E-state index in [4.69, 9.17) is 11.6 Å². The van der Waals surface area contributed by atoms with Crippen LogP contribution < -0.4 is 0 Å². The van der Waals surface area contributed by atoms with Crippen LogP contribution in [-0.4, -0.2) is 5.78 Å². The molecule has 0 fully saturated rings. The fraction of sp³-hybridized carbons (Fsp3) is 0.188. The minimum Gasteiger partial charge on any atom is -0.294 e. The quantitative estimate of drug-likeness (QED) is 0.721. The van der Waals surface area contributed by atoms with Gasteiger partial charge in [0.2, 0.25) is 0 Å². The Labute approximate surface area is 125 Å². The summed E-state index contributed by atoms with van der Waals surface area (Å²) in [5, 5.41) is 0.354. The summed E-state index contributed by atoms with van der Waals surface area (Å²) in [6.07, 6.45) is -4.36. The molecule has 0 unspecified atom stereocenters. The van der Waals surface area contributed by atoms with E-state index in [1.54, 1.807) is 18.2 Å². The molecule has 0 radical (unpaired) electrons. The first kappa shape index (κ1) is 15.6. The van der Waals surface area contributed by atoms with Crippen LogP contribution >= 0.6 is 11.6 Å². The molecule has 0 heterocycles. The summed E-state index contributed by atoms with van der Waals surface area (Å²) in [7, 11) is 0. The Balaban J connectivity index is 2.16. The van der Waals surface area contributed by atoms with E-state index in [9.17, 15) is 18.0 Å². The molecule has 5 heteroatoms. The number of carbonyl (C=O) groups is 1. The van der Waals surface area contributed by atoms with Gasteiger partial charge in [0.25, 0.3) is 0 Å². The minimum absolute atomic E-state index is 0.0148. The molecule has 21 heavy (non-hydrogen) atoms. The normalized spacial score (nSPS) is 11.5. The highest BCUT2D eigenvalue weighted by Crippen LogP contribution is 2.29. The molecule has 0 aliphatic rings. The van der Waals surface area contributed by atoms with Crippen LogP contribution in [0.25, 0.3) is 0 Å². The Hall–Kier alpha value is -1.81. The Morgan fingerprint density at radius 1 is 1.10 bits per heavy atom. The summed E-state index contributed by atoms with van der Waals surface area (Å²) in [6, 6.07) is 9.64. The van der Waals surface area contributed by atoms with Gasteiger partial charge >= 0.3 is 6.18 Å². The van der Waals surface area contributed by atoms with Crippen molar-refractivity contribution in [3.63, 3.8) is 0 Å². The molecule has 0 saturated heterocycles. The number of benzene rings is 2. The monoisotopic (exact) mass is 312 g/mol. The van der Waals surface area contributed by atoms with Crippen molar-refractivity contribution in [2.45, 2.75) is 19.5 Å². The Kier molecular flexibility index (Phi) is 4.37. The molecule has 2 aromatic rings. The van der Waals surface area contributed by atoms with Crippen LogP contribution in [0.15, 0.2) is 42.5 Å². The van der Waals surface area contributed by atoms with Crippen molar-refractivity contribution < 1.29 is 18.0 Å². The molecule has 0 bridgehead atoms. The minimum atomic E-state index is -4.37. The van der Waals surface area contributed by atoms with Gasteiger partial charge in [-0.3, -0.25) is 4.79 Å². The van der Waals surface area contributed by atoms with Gasteiger partial charge in [-0.05, 0) is 42.3 Å². The Morgan fingerprint density at radius 2 is 1.71 bits per heavy atom. The molecule has 2 aromatic carbocycles. The second-order valence-corrected chi connectivity index (χ2v) is 5.19. The maximum atomic E-state index is 12.5. The van der Waals surface area contributed by atoms with E-state index in [0.29, 0.717) is 16.1 Å². The third-order valence-electron chi connectivity index (χ3n) is 3.07. The van der Waals surface area contributed by atoms with Crippen LogP contribution in [0.5, 0.6) is 0 Å². The molecule has 0 aromatic heterocycles. The highest BCUT2D eigenvalue weighted by atomic mass is 35.5. The van der Waals surface area contributed by atoms with E-state index in [-0.39, 0.29) is 12.2 Å². The molecule has 0 atom stereocenters. The maximum absolute atomic E-state index is 12.5. The van der Waals surface area contributed by atoms with Gasteiger partial charge in [-0.15, -0.1) is 0 Å². The van der Waals surface area contributed by atoms with E-state index in [1.807, 2.05) is 6.92 Å². The molecular weight excluding hydrogens is 301 g/mol. The Morgan fingerprint density at radius 3 is 2.24 bits per heavy atom. The fourth-order valence-electron chi connectivity index (χ4n) is 1.94. The lowest BCUT2D eigenvalue weighted by atomic mass is 10.0. The highest BCUT2D eigenvalue weighted by molar-refractivity contribution is 6.34. The lowest BCUT2D eigenvalue weighted by Crippen LogP contribution is -2.07. The SMILES string of the molecule is Cc1ccc(C(=O)Cc2ccc(C(F)(F)F)cc2)c(Cl)c1. The molecule has 0 saturated carbocycles. The zero-order valence-electron chi connectivity index (χ0n) is 11.2. The summed E-state index contributed by atoms with van der Waals surface area (Å²) in [4.78, 5) is 12.1. The van der Waals surface area contributed by atoms with Gasteiger partial charge < -0.3 is 0 Å². The van der Waals surface area contributed by atoms with Crippen molar-refractivity contribution in [2.75, 3.05) is 0 Å². The van der Waals surface area contributed by atoms with E-state index in [0.717, 1.165) is 17.7 Å². The van der Waals surface area contributed by atoms with Crippen molar-refractivity contribution in [1.29, 1.82) is 0 Å². The average molecular weight is 313 g/mol. The first-order valence-electron chi connectivity index (χ1n) is 6.23. The number of carbonyl (C=O) groups excluding carboxylic acids is 1. The van der Waals surface area contributed by atoms with Crippen LogP contribution in [-0.2, 0) is 12.6 Å². The van der Waals surface area contributed by atoms with Crippen LogP contribution in [0.4, 0.5) is 13.2 Å². The predicted molar refractivity (Wildman–Crippen MR) is 75.7 cm³/mol. The number of hydrogen-bond donors (Lipinski definition) is 0. The van der Waals surface area contributed by atoms with Crippen molar-refractivity contribution in [3.8, 4) is 0 Å². The van der Waals surface area contributed by atoms with Gasteiger partial charge in [-0.1, -0.05) is 29.8 Å². The zero-order chi connectivity index (χ0) is 15.6. The predicted octanol–water partition coefficient (Wildman–Crippen LogP) is 5.09. The van der Waals surface area contributed by atoms with Gasteiger partial charge in [0, 0.05) is 12.0 Å². The zero-order valence-corrected chi connectivity index (χ0v) is 11.9. The van der Waals surface area contributed by atoms with E-state index in [1.165, 1.54) is 12.1 Å². The average Bonchev–Trinajstić information content (AvgIpc) is 2.38. The number of Topliss-reactive ketones (excluding diaryl/α,β-unsaturated/α-hetero) is 1. The van der Waals surface area contributed by atoms with Crippen molar-refractivity contribution in [1.82, 2.24) is 0 Å².